The van der Waals surface area contributed by atoms with E-state index < -0.39 is 25.8 Å². The quantitative estimate of drug-likeness (QED) is 0.769. The maximum atomic E-state index is 11.4. The van der Waals surface area contributed by atoms with Crippen molar-refractivity contribution in [3.8, 4) is 0 Å². The third-order valence-electron chi connectivity index (χ3n) is 3.31. The van der Waals surface area contributed by atoms with Crippen molar-refractivity contribution in [1.29, 1.82) is 0 Å². The molecule has 0 heterocycles. The normalized spacial score (nSPS) is 12.0. The molecule has 0 bridgehead atoms. The lowest BCUT2D eigenvalue weighted by Gasteiger charge is -2.22. The molecule has 2 N–H and O–H groups in total. The van der Waals surface area contributed by atoms with Crippen LogP contribution in [0.25, 0.3) is 0 Å². The number of carboxylic acids is 2. The van der Waals surface area contributed by atoms with Gasteiger partial charge in [-0.2, -0.15) is 0 Å². The van der Waals surface area contributed by atoms with Gasteiger partial charge in [0.05, 0.1) is 12.3 Å². The molecule has 0 aromatic heterocycles. The van der Waals surface area contributed by atoms with Crippen LogP contribution < -0.4 is 10.6 Å². The smallest absolute Gasteiger partial charge is 0.307 e. The Morgan fingerprint density at radius 1 is 0.864 bits per heavy atom. The maximum absolute atomic E-state index is 11.4. The van der Waals surface area contributed by atoms with Gasteiger partial charge in [0.1, 0.15) is 0 Å². The Bertz CT molecular complexity index is 588. The molecule has 0 aliphatic carbocycles. The van der Waals surface area contributed by atoms with Gasteiger partial charge in [-0.3, -0.25) is 9.59 Å². The van der Waals surface area contributed by atoms with Gasteiger partial charge in [0.15, 0.2) is 0 Å². The summed E-state index contributed by atoms with van der Waals surface area (Å²) in [4.78, 5) is 22.3. The van der Waals surface area contributed by atoms with E-state index in [0.717, 1.165) is 10.6 Å². The highest BCUT2D eigenvalue weighted by Crippen LogP contribution is 2.36. The summed E-state index contributed by atoms with van der Waals surface area (Å²) in [6, 6.07) is 19.4. The highest BCUT2D eigenvalue weighted by atomic mass is 31.1. The average molecular weight is 316 g/mol. The van der Waals surface area contributed by atoms with E-state index in [9.17, 15) is 14.7 Å². The van der Waals surface area contributed by atoms with E-state index in [0.29, 0.717) is 6.16 Å². The molecule has 0 spiro atoms. The van der Waals surface area contributed by atoms with E-state index in [-0.39, 0.29) is 6.42 Å². The molecular weight excluding hydrogens is 299 g/mol. The van der Waals surface area contributed by atoms with Crippen molar-refractivity contribution >= 4 is 30.5 Å². The second kappa shape index (κ2) is 7.71. The van der Waals surface area contributed by atoms with E-state index in [4.69, 9.17) is 5.11 Å². The van der Waals surface area contributed by atoms with Gasteiger partial charge >= 0.3 is 11.9 Å². The Kier molecular flexibility index (Phi) is 5.68. The zero-order chi connectivity index (χ0) is 15.9. The summed E-state index contributed by atoms with van der Waals surface area (Å²) >= 11 is 0. The van der Waals surface area contributed by atoms with Crippen LogP contribution in [0, 0.1) is 5.92 Å². The van der Waals surface area contributed by atoms with Crippen LogP contribution >= 0.6 is 7.92 Å². The molecule has 0 radical (unpaired) electrons. The largest absolute Gasteiger partial charge is 0.481 e. The maximum Gasteiger partial charge on any atom is 0.307 e. The number of carboxylic acid groups (broad SMARTS) is 2. The van der Waals surface area contributed by atoms with Crippen molar-refractivity contribution < 1.29 is 19.8 Å². The number of hydrogen-bond acceptors (Lipinski definition) is 2. The number of aliphatic carboxylic acids is 2. The van der Waals surface area contributed by atoms with E-state index in [1.165, 1.54) is 0 Å². The Balaban J connectivity index is 2.32. The lowest BCUT2D eigenvalue weighted by atomic mass is 10.1. The Morgan fingerprint density at radius 3 is 1.68 bits per heavy atom. The molecular formula is C17H17O4P. The monoisotopic (exact) mass is 316 g/mol. The molecule has 0 saturated carbocycles. The molecule has 114 valence electrons. The molecule has 4 nitrogen and oxygen atoms in total. The van der Waals surface area contributed by atoms with Crippen LogP contribution in [0.2, 0.25) is 0 Å². The van der Waals surface area contributed by atoms with Crippen molar-refractivity contribution in [1.82, 2.24) is 0 Å². The lowest BCUT2D eigenvalue weighted by Crippen LogP contribution is -2.25. The molecule has 0 unspecified atom stereocenters. The second-order valence-electron chi connectivity index (χ2n) is 4.91. The third-order valence-corrected chi connectivity index (χ3v) is 5.96. The van der Waals surface area contributed by atoms with Crippen LogP contribution in [0.4, 0.5) is 0 Å². The Morgan fingerprint density at radius 2 is 1.32 bits per heavy atom. The molecule has 22 heavy (non-hydrogen) atoms. The van der Waals surface area contributed by atoms with Crippen LogP contribution in [0.15, 0.2) is 60.7 Å². The first kappa shape index (κ1) is 16.2. The van der Waals surface area contributed by atoms with Gasteiger partial charge in [-0.1, -0.05) is 60.7 Å². The molecule has 1 atom stereocenters. The van der Waals surface area contributed by atoms with Crippen LogP contribution in [0.5, 0.6) is 0 Å². The number of hydrogen-bond donors (Lipinski definition) is 2. The molecule has 0 saturated heterocycles. The van der Waals surface area contributed by atoms with Gasteiger partial charge in [0.2, 0.25) is 0 Å². The Labute approximate surface area is 130 Å². The van der Waals surface area contributed by atoms with E-state index in [1.54, 1.807) is 0 Å². The minimum atomic E-state index is -1.08. The Hall–Kier alpha value is -2.19. The summed E-state index contributed by atoms with van der Waals surface area (Å²) in [5.41, 5.74) is 0. The molecule has 2 rings (SSSR count). The predicted octanol–water partition coefficient (Wildman–Crippen LogP) is 2.29. The topological polar surface area (TPSA) is 74.6 Å². The van der Waals surface area contributed by atoms with Gasteiger partial charge in [0.25, 0.3) is 0 Å². The molecule has 0 amide bonds. The standard InChI is InChI=1S/C17H17O4P/c18-16(19)11-13(17(20)21)12-22(14-7-3-1-4-8-14)15-9-5-2-6-10-15/h1-10,13H,11-12H2,(H,18,19)(H,20,21)/t13-/m0/s1. The van der Waals surface area contributed by atoms with E-state index in [2.05, 4.69) is 0 Å². The summed E-state index contributed by atoms with van der Waals surface area (Å²) in [7, 11) is -0.897. The summed E-state index contributed by atoms with van der Waals surface area (Å²) in [5.74, 6) is -3.02. The van der Waals surface area contributed by atoms with E-state index >= 15 is 0 Å². The highest BCUT2D eigenvalue weighted by Gasteiger charge is 2.26. The molecule has 2 aromatic carbocycles. The van der Waals surface area contributed by atoms with Crippen molar-refractivity contribution in [3.63, 3.8) is 0 Å². The SMILES string of the molecule is O=C(O)C[C@@H](CP(c1ccccc1)c1ccccc1)C(=O)O. The highest BCUT2D eigenvalue weighted by molar-refractivity contribution is 7.73. The van der Waals surface area contributed by atoms with Crippen molar-refractivity contribution in [2.75, 3.05) is 6.16 Å². The first-order valence-corrected chi connectivity index (χ1v) is 8.43. The van der Waals surface area contributed by atoms with E-state index in [1.807, 2.05) is 60.7 Å². The minimum absolute atomic E-state index is 0.324. The fourth-order valence-electron chi connectivity index (χ4n) is 2.24. The number of benzene rings is 2. The second-order valence-corrected chi connectivity index (χ2v) is 7.17. The van der Waals surface area contributed by atoms with Gasteiger partial charge in [-0.05, 0) is 24.7 Å². The number of rotatable bonds is 7. The summed E-state index contributed by atoms with van der Waals surface area (Å²) in [5, 5.41) is 20.4. The van der Waals surface area contributed by atoms with Crippen molar-refractivity contribution in [2.45, 2.75) is 6.42 Å². The minimum Gasteiger partial charge on any atom is -0.481 e. The third kappa shape index (κ3) is 4.40. The first-order chi connectivity index (χ1) is 10.6. The fourth-order valence-corrected chi connectivity index (χ4v) is 4.75. The van der Waals surface area contributed by atoms with Gasteiger partial charge < -0.3 is 10.2 Å². The van der Waals surface area contributed by atoms with Crippen LogP contribution in [-0.4, -0.2) is 28.3 Å². The van der Waals surface area contributed by atoms with Crippen molar-refractivity contribution in [2.24, 2.45) is 5.92 Å². The van der Waals surface area contributed by atoms with Crippen molar-refractivity contribution in [3.05, 3.63) is 60.7 Å². The zero-order valence-electron chi connectivity index (χ0n) is 11.9. The molecule has 5 heteroatoms. The summed E-state index contributed by atoms with van der Waals surface area (Å²) in [6.45, 7) is 0. The summed E-state index contributed by atoms with van der Waals surface area (Å²) in [6.07, 6.45) is -0.0289. The summed E-state index contributed by atoms with van der Waals surface area (Å²) < 4.78 is 0. The van der Waals surface area contributed by atoms with Gasteiger partial charge in [0, 0.05) is 0 Å². The predicted molar refractivity (Wildman–Crippen MR) is 87.3 cm³/mol. The molecule has 0 fully saturated rings. The van der Waals surface area contributed by atoms with Crippen LogP contribution in [0.1, 0.15) is 6.42 Å². The fraction of sp³-hybridized carbons (Fsp3) is 0.176. The average Bonchev–Trinajstić information content (AvgIpc) is 2.52. The first-order valence-electron chi connectivity index (χ1n) is 6.90. The van der Waals surface area contributed by atoms with Gasteiger partial charge in [-0.25, -0.2) is 0 Å². The van der Waals surface area contributed by atoms with Crippen LogP contribution in [-0.2, 0) is 9.59 Å². The molecule has 0 aliphatic rings. The number of carbonyl (C=O) groups is 2. The zero-order valence-corrected chi connectivity index (χ0v) is 12.8. The molecule has 0 aliphatic heterocycles. The molecule has 2 aromatic rings. The van der Waals surface area contributed by atoms with Crippen LogP contribution in [0.3, 0.4) is 0 Å². The van der Waals surface area contributed by atoms with Gasteiger partial charge in [-0.15, -0.1) is 0 Å². The lowest BCUT2D eigenvalue weighted by molar-refractivity contribution is -0.147.